The Labute approximate surface area is 207 Å². The summed E-state index contributed by atoms with van der Waals surface area (Å²) in [4.78, 5) is 23.8. The highest BCUT2D eigenvalue weighted by molar-refractivity contribution is 5.94. The molecule has 3 aromatic carbocycles. The third kappa shape index (κ3) is 6.37. The van der Waals surface area contributed by atoms with Crippen LogP contribution in [0.1, 0.15) is 58.6 Å². The highest BCUT2D eigenvalue weighted by Gasteiger charge is 2.27. The van der Waals surface area contributed by atoms with Crippen molar-refractivity contribution in [1.29, 1.82) is 0 Å². The summed E-state index contributed by atoms with van der Waals surface area (Å²) in [5.74, 6) is -0.295. The molecule has 1 aliphatic rings. The van der Waals surface area contributed by atoms with Gasteiger partial charge < -0.3 is 16.2 Å². The predicted octanol–water partition coefficient (Wildman–Crippen LogP) is 5.32. The van der Waals surface area contributed by atoms with E-state index in [1.54, 1.807) is 24.3 Å². The molecule has 3 aromatic rings. The SMILES string of the molecule is Cc1cccc(-c2ccc([C@H](CNC(=O)c3ccc(CC(N)C(=O)O)cc3)C3CCCC3)cc2)c1. The fraction of sp³-hybridized carbons (Fsp3) is 0.333. The smallest absolute Gasteiger partial charge is 0.320 e. The van der Waals surface area contributed by atoms with E-state index in [9.17, 15) is 9.59 Å². The van der Waals surface area contributed by atoms with Crippen molar-refractivity contribution < 1.29 is 14.7 Å². The second-order valence-corrected chi connectivity index (χ2v) is 9.70. The van der Waals surface area contributed by atoms with Crippen LogP contribution in [0.4, 0.5) is 0 Å². The summed E-state index contributed by atoms with van der Waals surface area (Å²) in [7, 11) is 0. The van der Waals surface area contributed by atoms with Crippen LogP contribution >= 0.6 is 0 Å². The number of aliphatic carboxylic acids is 1. The maximum absolute atomic E-state index is 12.9. The molecule has 0 radical (unpaired) electrons. The van der Waals surface area contributed by atoms with E-state index in [2.05, 4.69) is 60.8 Å². The van der Waals surface area contributed by atoms with Crippen LogP contribution in [0.2, 0.25) is 0 Å². The van der Waals surface area contributed by atoms with Crippen LogP contribution in [-0.4, -0.2) is 29.6 Å². The van der Waals surface area contributed by atoms with Crippen molar-refractivity contribution in [2.45, 2.75) is 51.0 Å². The van der Waals surface area contributed by atoms with Crippen molar-refractivity contribution in [3.05, 3.63) is 95.1 Å². The van der Waals surface area contributed by atoms with E-state index in [1.807, 2.05) is 0 Å². The van der Waals surface area contributed by atoms with Gasteiger partial charge in [-0.25, -0.2) is 0 Å². The first-order chi connectivity index (χ1) is 16.9. The molecule has 0 aliphatic heterocycles. The third-order valence-corrected chi connectivity index (χ3v) is 7.13. The molecule has 5 nitrogen and oxygen atoms in total. The summed E-state index contributed by atoms with van der Waals surface area (Å²) in [6.07, 6.45) is 5.11. The molecule has 35 heavy (non-hydrogen) atoms. The molecule has 182 valence electrons. The monoisotopic (exact) mass is 470 g/mol. The molecule has 1 fully saturated rings. The molecule has 1 unspecified atom stereocenters. The molecule has 5 heteroatoms. The summed E-state index contributed by atoms with van der Waals surface area (Å²) in [5, 5.41) is 12.1. The van der Waals surface area contributed by atoms with E-state index < -0.39 is 12.0 Å². The first kappa shape index (κ1) is 24.7. The van der Waals surface area contributed by atoms with Crippen molar-refractivity contribution in [3.63, 3.8) is 0 Å². The third-order valence-electron chi connectivity index (χ3n) is 7.13. The Kier molecular flexibility index (Phi) is 7.98. The van der Waals surface area contributed by atoms with E-state index in [4.69, 9.17) is 10.8 Å². The van der Waals surface area contributed by atoms with Crippen molar-refractivity contribution in [2.24, 2.45) is 11.7 Å². The van der Waals surface area contributed by atoms with Gasteiger partial charge in [0, 0.05) is 18.0 Å². The van der Waals surface area contributed by atoms with E-state index in [1.165, 1.54) is 47.9 Å². The number of benzene rings is 3. The zero-order valence-corrected chi connectivity index (χ0v) is 20.2. The Morgan fingerprint density at radius 3 is 2.29 bits per heavy atom. The Morgan fingerprint density at radius 2 is 1.66 bits per heavy atom. The predicted molar refractivity (Wildman–Crippen MR) is 139 cm³/mol. The van der Waals surface area contributed by atoms with Crippen LogP contribution in [0, 0.1) is 12.8 Å². The first-order valence-electron chi connectivity index (χ1n) is 12.4. The molecule has 0 bridgehead atoms. The summed E-state index contributed by atoms with van der Waals surface area (Å²) < 4.78 is 0. The molecule has 0 spiro atoms. The van der Waals surface area contributed by atoms with E-state index in [0.29, 0.717) is 18.0 Å². The van der Waals surface area contributed by atoms with Gasteiger partial charge in [0.2, 0.25) is 0 Å². The molecule has 0 saturated heterocycles. The van der Waals surface area contributed by atoms with Crippen molar-refractivity contribution in [1.82, 2.24) is 5.32 Å². The van der Waals surface area contributed by atoms with Gasteiger partial charge in [0.25, 0.3) is 5.91 Å². The lowest BCUT2D eigenvalue weighted by molar-refractivity contribution is -0.138. The van der Waals surface area contributed by atoms with Gasteiger partial charge in [0.15, 0.2) is 0 Å². The van der Waals surface area contributed by atoms with Gasteiger partial charge in [-0.1, -0.05) is 79.1 Å². The quantitative estimate of drug-likeness (QED) is 0.395. The number of nitrogens with one attached hydrogen (secondary N) is 1. The fourth-order valence-corrected chi connectivity index (χ4v) is 5.10. The average molecular weight is 471 g/mol. The molecule has 1 amide bonds. The lowest BCUT2D eigenvalue weighted by atomic mass is 9.84. The van der Waals surface area contributed by atoms with Gasteiger partial charge in [-0.15, -0.1) is 0 Å². The molecular weight excluding hydrogens is 436 g/mol. The summed E-state index contributed by atoms with van der Waals surface area (Å²) >= 11 is 0. The van der Waals surface area contributed by atoms with E-state index in [0.717, 1.165) is 5.56 Å². The second kappa shape index (κ2) is 11.3. The second-order valence-electron chi connectivity index (χ2n) is 9.70. The van der Waals surface area contributed by atoms with Crippen LogP contribution < -0.4 is 11.1 Å². The minimum absolute atomic E-state index is 0.113. The molecule has 2 atom stereocenters. The largest absolute Gasteiger partial charge is 0.480 e. The Balaban J connectivity index is 1.43. The highest BCUT2D eigenvalue weighted by atomic mass is 16.4. The molecule has 4 N–H and O–H groups in total. The fourth-order valence-electron chi connectivity index (χ4n) is 5.10. The maximum Gasteiger partial charge on any atom is 0.320 e. The van der Waals surface area contributed by atoms with Crippen LogP contribution in [0.15, 0.2) is 72.8 Å². The van der Waals surface area contributed by atoms with E-state index in [-0.39, 0.29) is 18.2 Å². The van der Waals surface area contributed by atoms with Crippen LogP contribution in [0.5, 0.6) is 0 Å². The number of hydrogen-bond acceptors (Lipinski definition) is 3. The zero-order chi connectivity index (χ0) is 24.8. The number of carboxylic acids is 1. The molecule has 0 heterocycles. The number of carbonyl (C=O) groups excluding carboxylic acids is 1. The van der Waals surface area contributed by atoms with Gasteiger partial charge in [-0.05, 0) is 66.5 Å². The van der Waals surface area contributed by atoms with Crippen LogP contribution in [-0.2, 0) is 11.2 Å². The number of rotatable bonds is 9. The minimum atomic E-state index is -1.03. The number of aryl methyl sites for hydroxylation is 1. The highest BCUT2D eigenvalue weighted by Crippen LogP contribution is 2.37. The van der Waals surface area contributed by atoms with Crippen molar-refractivity contribution in [3.8, 4) is 11.1 Å². The van der Waals surface area contributed by atoms with Gasteiger partial charge in [-0.2, -0.15) is 0 Å². The van der Waals surface area contributed by atoms with Crippen molar-refractivity contribution >= 4 is 11.9 Å². The Hall–Kier alpha value is -3.44. The minimum Gasteiger partial charge on any atom is -0.480 e. The normalized spacial score (nSPS) is 15.5. The Morgan fingerprint density at radius 1 is 0.971 bits per heavy atom. The van der Waals surface area contributed by atoms with Crippen LogP contribution in [0.25, 0.3) is 11.1 Å². The standard InChI is InChI=1S/C30H34N2O3/c1-20-5-4-8-26(17-20)22-13-15-24(16-14-22)27(23-6-2-3-7-23)19-32-29(33)25-11-9-21(10-12-25)18-28(31)30(34)35/h4-5,8-17,23,27-28H,2-3,6-7,18-19,31H2,1H3,(H,32,33)(H,34,35)/t27-,28?/m1/s1. The van der Waals surface area contributed by atoms with E-state index >= 15 is 0 Å². The molecule has 1 saturated carbocycles. The number of carboxylic acid groups (broad SMARTS) is 1. The summed E-state index contributed by atoms with van der Waals surface area (Å²) in [6, 6.07) is 23.4. The summed E-state index contributed by atoms with van der Waals surface area (Å²) in [6.45, 7) is 2.70. The first-order valence-corrected chi connectivity index (χ1v) is 12.4. The lowest BCUT2D eigenvalue weighted by Crippen LogP contribution is -2.32. The number of carbonyl (C=O) groups is 2. The maximum atomic E-state index is 12.9. The van der Waals surface area contributed by atoms with Gasteiger partial charge in [0.05, 0.1) is 0 Å². The van der Waals surface area contributed by atoms with Gasteiger partial charge in [0.1, 0.15) is 6.04 Å². The van der Waals surface area contributed by atoms with Crippen LogP contribution in [0.3, 0.4) is 0 Å². The average Bonchev–Trinajstić information content (AvgIpc) is 3.39. The number of amides is 1. The molecule has 1 aliphatic carbocycles. The summed E-state index contributed by atoms with van der Waals surface area (Å²) in [5.41, 5.74) is 11.9. The Bertz CT molecular complexity index is 1150. The topological polar surface area (TPSA) is 92.4 Å². The molecule has 0 aromatic heterocycles. The zero-order valence-electron chi connectivity index (χ0n) is 20.2. The number of nitrogens with two attached hydrogens (primary N) is 1. The molecule has 4 rings (SSSR count). The van der Waals surface area contributed by atoms with Crippen molar-refractivity contribution in [2.75, 3.05) is 6.54 Å². The molecular formula is C30H34N2O3. The number of hydrogen-bond donors (Lipinski definition) is 3. The van der Waals surface area contributed by atoms with Gasteiger partial charge >= 0.3 is 5.97 Å². The van der Waals surface area contributed by atoms with Gasteiger partial charge in [-0.3, -0.25) is 9.59 Å². The lowest BCUT2D eigenvalue weighted by Gasteiger charge is -2.25.